The molecule has 0 bridgehead atoms. The highest BCUT2D eigenvalue weighted by molar-refractivity contribution is 5.74. The second kappa shape index (κ2) is 6.96. The summed E-state index contributed by atoms with van der Waals surface area (Å²) in [6, 6.07) is 0.322. The third-order valence-electron chi connectivity index (χ3n) is 4.67. The van der Waals surface area contributed by atoms with E-state index in [2.05, 4.69) is 17.4 Å². The lowest BCUT2D eigenvalue weighted by molar-refractivity contribution is 0.194. The smallest absolute Gasteiger partial charge is 0.317 e. The molecule has 1 aliphatic carbocycles. The van der Waals surface area contributed by atoms with Gasteiger partial charge in [0.15, 0.2) is 0 Å². The van der Waals surface area contributed by atoms with Crippen LogP contribution in [-0.4, -0.2) is 29.2 Å². The molecule has 0 aromatic carbocycles. The van der Waals surface area contributed by atoms with Crippen LogP contribution in [0.15, 0.2) is 4.52 Å². The average Bonchev–Trinajstić information content (AvgIpc) is 2.79. The largest absolute Gasteiger partial charge is 0.361 e. The Kier molecular flexibility index (Phi) is 5.26. The van der Waals surface area contributed by atoms with E-state index in [1.165, 1.54) is 19.3 Å². The first kappa shape index (κ1) is 15.9. The molecule has 0 atom stereocenters. The van der Waals surface area contributed by atoms with Crippen LogP contribution in [0.5, 0.6) is 0 Å². The number of nitrogens with one attached hydrogen (secondary N) is 1. The first-order valence-electron chi connectivity index (χ1n) is 7.94. The van der Waals surface area contributed by atoms with Crippen molar-refractivity contribution >= 4 is 6.03 Å². The third kappa shape index (κ3) is 3.99. The first-order valence-corrected chi connectivity index (χ1v) is 7.94. The van der Waals surface area contributed by atoms with Crippen molar-refractivity contribution in [1.82, 2.24) is 15.4 Å². The van der Waals surface area contributed by atoms with Gasteiger partial charge in [0, 0.05) is 18.7 Å². The maximum atomic E-state index is 12.3. The van der Waals surface area contributed by atoms with E-state index in [1.54, 1.807) is 4.90 Å². The highest BCUT2D eigenvalue weighted by atomic mass is 16.5. The Morgan fingerprint density at radius 2 is 2.00 bits per heavy atom. The zero-order valence-corrected chi connectivity index (χ0v) is 13.6. The van der Waals surface area contributed by atoms with Gasteiger partial charge >= 0.3 is 6.03 Å². The van der Waals surface area contributed by atoms with Crippen LogP contribution in [0.25, 0.3) is 0 Å². The van der Waals surface area contributed by atoms with Crippen LogP contribution in [0.3, 0.4) is 0 Å². The predicted molar refractivity (Wildman–Crippen MR) is 82.0 cm³/mol. The van der Waals surface area contributed by atoms with E-state index in [9.17, 15) is 4.79 Å². The Hall–Kier alpha value is -1.52. The minimum Gasteiger partial charge on any atom is -0.361 e. The lowest BCUT2D eigenvalue weighted by Crippen LogP contribution is -2.44. The maximum Gasteiger partial charge on any atom is 0.317 e. The standard InChI is InChI=1S/C16H27N3O2/c1-5-13-6-8-14(9-7-13)17-16(20)19(4)10-15-11(2)18-21-12(15)3/h13-14H,5-10H2,1-4H3,(H,17,20). The molecule has 1 aliphatic rings. The molecule has 5 heteroatoms. The summed E-state index contributed by atoms with van der Waals surface area (Å²) in [4.78, 5) is 14.0. The van der Waals surface area contributed by atoms with Gasteiger partial charge in [-0.2, -0.15) is 0 Å². The summed E-state index contributed by atoms with van der Waals surface area (Å²) in [6.07, 6.45) is 5.92. The van der Waals surface area contributed by atoms with Crippen molar-refractivity contribution in [3.05, 3.63) is 17.0 Å². The molecule has 1 N–H and O–H groups in total. The molecule has 2 amide bonds. The van der Waals surface area contributed by atoms with Gasteiger partial charge in [-0.05, 0) is 45.4 Å². The summed E-state index contributed by atoms with van der Waals surface area (Å²) in [5.41, 5.74) is 1.86. The Morgan fingerprint density at radius 1 is 1.33 bits per heavy atom. The number of urea groups is 1. The number of rotatable bonds is 4. The molecule has 2 rings (SSSR count). The van der Waals surface area contributed by atoms with Crippen molar-refractivity contribution in [2.24, 2.45) is 5.92 Å². The summed E-state index contributed by atoms with van der Waals surface area (Å²) in [7, 11) is 1.82. The molecule has 5 nitrogen and oxygen atoms in total. The molecule has 118 valence electrons. The van der Waals surface area contributed by atoms with Gasteiger partial charge < -0.3 is 14.7 Å². The second-order valence-electron chi connectivity index (χ2n) is 6.23. The number of nitrogens with zero attached hydrogens (tertiary/aromatic N) is 2. The van der Waals surface area contributed by atoms with Gasteiger partial charge in [-0.3, -0.25) is 0 Å². The highest BCUT2D eigenvalue weighted by Gasteiger charge is 2.23. The summed E-state index contributed by atoms with van der Waals surface area (Å²) < 4.78 is 5.14. The number of aryl methyl sites for hydroxylation is 2. The molecule has 1 aromatic rings. The minimum atomic E-state index is -0.00468. The van der Waals surface area contributed by atoms with Crippen molar-refractivity contribution in [2.75, 3.05) is 7.05 Å². The fraction of sp³-hybridized carbons (Fsp3) is 0.750. The number of aromatic nitrogens is 1. The Balaban J connectivity index is 1.83. The quantitative estimate of drug-likeness (QED) is 0.925. The number of carbonyl (C=O) groups excluding carboxylic acids is 1. The highest BCUT2D eigenvalue weighted by Crippen LogP contribution is 2.26. The van der Waals surface area contributed by atoms with E-state index in [4.69, 9.17) is 4.52 Å². The summed E-state index contributed by atoms with van der Waals surface area (Å²) in [5.74, 6) is 1.63. The fourth-order valence-corrected chi connectivity index (χ4v) is 3.04. The number of carbonyl (C=O) groups is 1. The average molecular weight is 293 g/mol. The molecular formula is C16H27N3O2. The molecule has 0 aliphatic heterocycles. The van der Waals surface area contributed by atoms with Gasteiger partial charge in [0.25, 0.3) is 0 Å². The zero-order valence-electron chi connectivity index (χ0n) is 13.6. The molecule has 1 saturated carbocycles. The van der Waals surface area contributed by atoms with Crippen molar-refractivity contribution in [2.45, 2.75) is 65.5 Å². The lowest BCUT2D eigenvalue weighted by atomic mass is 9.84. The maximum absolute atomic E-state index is 12.3. The van der Waals surface area contributed by atoms with Crippen molar-refractivity contribution in [3.8, 4) is 0 Å². The summed E-state index contributed by atoms with van der Waals surface area (Å²) in [5, 5.41) is 7.08. The Morgan fingerprint density at radius 3 is 2.52 bits per heavy atom. The Labute approximate surface area is 127 Å². The zero-order chi connectivity index (χ0) is 15.4. The van der Waals surface area contributed by atoms with E-state index in [0.717, 1.165) is 35.8 Å². The van der Waals surface area contributed by atoms with Crippen molar-refractivity contribution < 1.29 is 9.32 Å². The van der Waals surface area contributed by atoms with Crippen LogP contribution in [0.4, 0.5) is 4.79 Å². The van der Waals surface area contributed by atoms with Gasteiger partial charge in [-0.1, -0.05) is 18.5 Å². The fourth-order valence-electron chi connectivity index (χ4n) is 3.04. The third-order valence-corrected chi connectivity index (χ3v) is 4.67. The second-order valence-corrected chi connectivity index (χ2v) is 6.23. The predicted octanol–water partition coefficient (Wildman–Crippen LogP) is 3.40. The van der Waals surface area contributed by atoms with Gasteiger partial charge in [0.2, 0.25) is 0 Å². The topological polar surface area (TPSA) is 58.4 Å². The molecule has 1 heterocycles. The molecule has 1 aromatic heterocycles. The van der Waals surface area contributed by atoms with Crippen molar-refractivity contribution in [1.29, 1.82) is 0 Å². The van der Waals surface area contributed by atoms with Crippen LogP contribution in [0, 0.1) is 19.8 Å². The lowest BCUT2D eigenvalue weighted by Gasteiger charge is -2.30. The van der Waals surface area contributed by atoms with E-state index in [1.807, 2.05) is 20.9 Å². The van der Waals surface area contributed by atoms with Gasteiger partial charge in [0.1, 0.15) is 5.76 Å². The van der Waals surface area contributed by atoms with Crippen LogP contribution < -0.4 is 5.32 Å². The van der Waals surface area contributed by atoms with Gasteiger partial charge in [-0.25, -0.2) is 4.79 Å². The van der Waals surface area contributed by atoms with Crippen LogP contribution in [0.2, 0.25) is 0 Å². The van der Waals surface area contributed by atoms with E-state index < -0.39 is 0 Å². The summed E-state index contributed by atoms with van der Waals surface area (Å²) >= 11 is 0. The minimum absolute atomic E-state index is 0.00468. The summed E-state index contributed by atoms with van der Waals surface area (Å²) in [6.45, 7) is 6.58. The molecule has 21 heavy (non-hydrogen) atoms. The Bertz CT molecular complexity index is 456. The molecule has 0 unspecified atom stereocenters. The number of hydrogen-bond donors (Lipinski definition) is 1. The monoisotopic (exact) mass is 293 g/mol. The number of amides is 2. The molecular weight excluding hydrogens is 266 g/mol. The van der Waals surface area contributed by atoms with Crippen molar-refractivity contribution in [3.63, 3.8) is 0 Å². The number of hydrogen-bond acceptors (Lipinski definition) is 3. The normalized spacial score (nSPS) is 22.1. The first-order chi connectivity index (χ1) is 10.0. The van der Waals surface area contributed by atoms with E-state index in [-0.39, 0.29) is 6.03 Å². The van der Waals surface area contributed by atoms with E-state index >= 15 is 0 Å². The van der Waals surface area contributed by atoms with Crippen LogP contribution in [0.1, 0.15) is 56.0 Å². The molecule has 1 fully saturated rings. The van der Waals surface area contributed by atoms with Gasteiger partial charge in [-0.15, -0.1) is 0 Å². The van der Waals surface area contributed by atoms with Crippen LogP contribution in [-0.2, 0) is 6.54 Å². The van der Waals surface area contributed by atoms with Crippen LogP contribution >= 0.6 is 0 Å². The van der Waals surface area contributed by atoms with E-state index in [0.29, 0.717) is 12.6 Å². The van der Waals surface area contributed by atoms with Gasteiger partial charge in [0.05, 0.1) is 12.2 Å². The molecule has 0 radical (unpaired) electrons. The molecule has 0 spiro atoms. The molecule has 0 saturated heterocycles. The SMILES string of the molecule is CCC1CCC(NC(=O)N(C)Cc2c(C)noc2C)CC1.